The largest absolute Gasteiger partial charge is 0.411 e. The first kappa shape index (κ1) is 16.2. The molecule has 0 bridgehead atoms. The molecule has 0 radical (unpaired) electrons. The summed E-state index contributed by atoms with van der Waals surface area (Å²) in [7, 11) is 0. The lowest BCUT2D eigenvalue weighted by atomic mass is 10.1. The van der Waals surface area contributed by atoms with E-state index in [4.69, 9.17) is 0 Å². The summed E-state index contributed by atoms with van der Waals surface area (Å²) < 4.78 is 40.1. The molecule has 6 nitrogen and oxygen atoms in total. The maximum atomic E-state index is 12.0. The van der Waals surface area contributed by atoms with Crippen molar-refractivity contribution < 1.29 is 27.6 Å². The topological polar surface area (TPSA) is 72.7 Å². The lowest BCUT2D eigenvalue weighted by Crippen LogP contribution is -2.30. The molecule has 1 aliphatic heterocycles. The van der Waals surface area contributed by atoms with Crippen LogP contribution >= 0.6 is 0 Å². The normalized spacial score (nSPS) is 14.0. The lowest BCUT2D eigenvalue weighted by Gasteiger charge is -2.17. The molecule has 2 rings (SSSR count). The molecule has 0 aliphatic carbocycles. The summed E-state index contributed by atoms with van der Waals surface area (Å²) >= 11 is 0. The highest BCUT2D eigenvalue weighted by Crippen LogP contribution is 2.32. The molecule has 1 amide bonds. The minimum Gasteiger partial charge on any atom is -0.372 e. The van der Waals surface area contributed by atoms with E-state index < -0.39 is 23.6 Å². The molecule has 0 saturated carbocycles. The van der Waals surface area contributed by atoms with Gasteiger partial charge in [-0.1, -0.05) is 6.07 Å². The van der Waals surface area contributed by atoms with Crippen LogP contribution < -0.4 is 4.90 Å². The van der Waals surface area contributed by atoms with E-state index in [2.05, 4.69) is 4.74 Å². The van der Waals surface area contributed by atoms with Crippen molar-refractivity contribution in [3.8, 4) is 0 Å². The molecule has 0 fully saturated rings. The van der Waals surface area contributed by atoms with Gasteiger partial charge in [0.25, 0.3) is 5.69 Å². The summed E-state index contributed by atoms with van der Waals surface area (Å²) in [6.07, 6.45) is -4.08. The summed E-state index contributed by atoms with van der Waals surface area (Å²) in [5.74, 6) is -0.415. The predicted octanol–water partition coefficient (Wildman–Crippen LogP) is 2.45. The monoisotopic (exact) mass is 318 g/mol. The molecule has 0 saturated heterocycles. The zero-order valence-electron chi connectivity index (χ0n) is 11.4. The van der Waals surface area contributed by atoms with Crippen LogP contribution in [0.1, 0.15) is 12.0 Å². The van der Waals surface area contributed by atoms with Crippen LogP contribution in [0.15, 0.2) is 18.2 Å². The van der Waals surface area contributed by atoms with E-state index in [1.807, 2.05) is 0 Å². The van der Waals surface area contributed by atoms with Crippen LogP contribution in [0.25, 0.3) is 0 Å². The number of nitro benzene ring substituents is 1. The summed E-state index contributed by atoms with van der Waals surface area (Å²) in [6.45, 7) is -1.39. The van der Waals surface area contributed by atoms with Gasteiger partial charge in [0.15, 0.2) is 0 Å². The maximum Gasteiger partial charge on any atom is 0.411 e. The molecule has 0 unspecified atom stereocenters. The fourth-order valence-corrected chi connectivity index (χ4v) is 2.22. The second kappa shape index (κ2) is 6.30. The van der Waals surface area contributed by atoms with Crippen molar-refractivity contribution in [1.29, 1.82) is 0 Å². The number of nitro groups is 1. The van der Waals surface area contributed by atoms with Crippen molar-refractivity contribution in [2.75, 3.05) is 24.7 Å². The number of hydrogen-bond donors (Lipinski definition) is 0. The van der Waals surface area contributed by atoms with Gasteiger partial charge in [0.1, 0.15) is 6.61 Å². The Morgan fingerprint density at radius 3 is 2.77 bits per heavy atom. The van der Waals surface area contributed by atoms with E-state index in [0.29, 0.717) is 18.7 Å². The third kappa shape index (κ3) is 3.94. The van der Waals surface area contributed by atoms with Crippen molar-refractivity contribution in [1.82, 2.24) is 0 Å². The predicted molar refractivity (Wildman–Crippen MR) is 70.6 cm³/mol. The number of ether oxygens (including phenoxy) is 1. The smallest absolute Gasteiger partial charge is 0.372 e. The fraction of sp³-hybridized carbons (Fsp3) is 0.462. The fourth-order valence-electron chi connectivity index (χ4n) is 2.22. The molecule has 0 aromatic heterocycles. The Bertz CT molecular complexity index is 589. The number of amides is 1. The molecular formula is C13H13F3N2O4. The molecule has 9 heteroatoms. The van der Waals surface area contributed by atoms with Crippen LogP contribution in [0, 0.1) is 10.1 Å². The molecule has 0 N–H and O–H groups in total. The molecule has 0 atom stereocenters. The van der Waals surface area contributed by atoms with Crippen LogP contribution in [0.3, 0.4) is 0 Å². The molecule has 1 heterocycles. The molecule has 0 spiro atoms. The highest BCUT2D eigenvalue weighted by molar-refractivity contribution is 5.95. The number of carbonyl (C=O) groups excluding carboxylic acids is 1. The maximum absolute atomic E-state index is 12.0. The van der Waals surface area contributed by atoms with Gasteiger partial charge in [-0.05, 0) is 12.0 Å². The van der Waals surface area contributed by atoms with Gasteiger partial charge >= 0.3 is 6.18 Å². The zero-order valence-corrected chi connectivity index (χ0v) is 11.4. The summed E-state index contributed by atoms with van der Waals surface area (Å²) in [6, 6.07) is 4.25. The first-order valence-electron chi connectivity index (χ1n) is 6.50. The highest BCUT2D eigenvalue weighted by Gasteiger charge is 2.29. The van der Waals surface area contributed by atoms with Crippen molar-refractivity contribution in [2.45, 2.75) is 19.0 Å². The van der Waals surface area contributed by atoms with Crippen LogP contribution in [0.5, 0.6) is 0 Å². The number of alkyl halides is 3. The SMILES string of the molecule is O=C(CCOCC(F)(F)F)N1CCc2ccc([N+](=O)[O-])cc21. The number of anilines is 1. The van der Waals surface area contributed by atoms with Crippen molar-refractivity contribution in [3.05, 3.63) is 33.9 Å². The van der Waals surface area contributed by atoms with Gasteiger partial charge in [0, 0.05) is 18.7 Å². The number of rotatable bonds is 5. The van der Waals surface area contributed by atoms with E-state index >= 15 is 0 Å². The molecule has 1 aromatic rings. The highest BCUT2D eigenvalue weighted by atomic mass is 19.4. The summed E-state index contributed by atoms with van der Waals surface area (Å²) in [5.41, 5.74) is 1.11. The zero-order chi connectivity index (χ0) is 16.3. The quantitative estimate of drug-likeness (QED) is 0.475. The Kier molecular flexibility index (Phi) is 4.65. The van der Waals surface area contributed by atoms with Gasteiger partial charge in [-0.2, -0.15) is 13.2 Å². The number of non-ortho nitro benzene ring substituents is 1. The number of hydrogen-bond acceptors (Lipinski definition) is 4. The van der Waals surface area contributed by atoms with E-state index in [1.54, 1.807) is 6.07 Å². The number of nitrogens with zero attached hydrogens (tertiary/aromatic N) is 2. The van der Waals surface area contributed by atoms with E-state index in [-0.39, 0.29) is 18.7 Å². The molecular weight excluding hydrogens is 305 g/mol. The van der Waals surface area contributed by atoms with Crippen LogP contribution in [0.4, 0.5) is 24.5 Å². The minimum absolute atomic E-state index is 0.133. The average molecular weight is 318 g/mol. The summed E-state index contributed by atoms with van der Waals surface area (Å²) in [5, 5.41) is 10.8. The van der Waals surface area contributed by atoms with E-state index in [1.165, 1.54) is 17.0 Å². The third-order valence-electron chi connectivity index (χ3n) is 3.20. The minimum atomic E-state index is -4.43. The average Bonchev–Trinajstić information content (AvgIpc) is 2.85. The molecule has 1 aliphatic rings. The molecule has 22 heavy (non-hydrogen) atoms. The van der Waals surface area contributed by atoms with Gasteiger partial charge in [-0.3, -0.25) is 14.9 Å². The Morgan fingerprint density at radius 1 is 1.41 bits per heavy atom. The Balaban J connectivity index is 1.96. The Morgan fingerprint density at radius 2 is 2.14 bits per heavy atom. The number of carbonyl (C=O) groups is 1. The van der Waals surface area contributed by atoms with Gasteiger partial charge in [-0.15, -0.1) is 0 Å². The van der Waals surface area contributed by atoms with Crippen LogP contribution in [-0.4, -0.2) is 36.8 Å². The van der Waals surface area contributed by atoms with Crippen molar-refractivity contribution in [2.24, 2.45) is 0 Å². The van der Waals surface area contributed by atoms with Crippen LogP contribution in [-0.2, 0) is 16.0 Å². The van der Waals surface area contributed by atoms with E-state index in [9.17, 15) is 28.1 Å². The van der Waals surface area contributed by atoms with Gasteiger partial charge < -0.3 is 9.64 Å². The Hall–Kier alpha value is -2.16. The number of fused-ring (bicyclic) bond motifs is 1. The first-order valence-corrected chi connectivity index (χ1v) is 6.50. The third-order valence-corrected chi connectivity index (χ3v) is 3.20. The Labute approximate surface area is 123 Å². The molecule has 120 valence electrons. The number of halogens is 3. The van der Waals surface area contributed by atoms with Gasteiger partial charge in [0.2, 0.25) is 5.91 Å². The summed E-state index contributed by atoms with van der Waals surface area (Å²) in [4.78, 5) is 23.6. The lowest BCUT2D eigenvalue weighted by molar-refractivity contribution is -0.384. The molecule has 1 aromatic carbocycles. The number of benzene rings is 1. The second-order valence-electron chi connectivity index (χ2n) is 4.78. The van der Waals surface area contributed by atoms with Gasteiger partial charge in [-0.25, -0.2) is 0 Å². The van der Waals surface area contributed by atoms with Crippen molar-refractivity contribution in [3.63, 3.8) is 0 Å². The standard InChI is InChI=1S/C13H13F3N2O4/c14-13(15,16)8-22-6-4-12(19)17-5-3-9-1-2-10(18(20)21)7-11(9)17/h1-2,7H,3-6,8H2. The van der Waals surface area contributed by atoms with Crippen molar-refractivity contribution >= 4 is 17.3 Å². The first-order chi connectivity index (χ1) is 10.3. The van der Waals surface area contributed by atoms with E-state index in [0.717, 1.165) is 5.56 Å². The second-order valence-corrected chi connectivity index (χ2v) is 4.78. The van der Waals surface area contributed by atoms with Crippen LogP contribution in [0.2, 0.25) is 0 Å². The van der Waals surface area contributed by atoms with Gasteiger partial charge in [0.05, 0.1) is 23.6 Å².